The molecule has 1 fully saturated rings. The topological polar surface area (TPSA) is 80.9 Å². The molecular formula is C18H15ClN4O. The summed E-state index contributed by atoms with van der Waals surface area (Å²) in [5.41, 5.74) is 8.77. The van der Waals surface area contributed by atoms with Gasteiger partial charge in [0.15, 0.2) is 0 Å². The zero-order chi connectivity index (χ0) is 16.7. The van der Waals surface area contributed by atoms with E-state index in [1.54, 1.807) is 12.3 Å². The van der Waals surface area contributed by atoms with Gasteiger partial charge in [-0.2, -0.15) is 0 Å². The van der Waals surface area contributed by atoms with Crippen LogP contribution in [0.3, 0.4) is 0 Å². The first-order valence-corrected chi connectivity index (χ1v) is 8.10. The number of fused-ring (bicyclic) bond motifs is 1. The molecule has 0 spiro atoms. The molecule has 3 aromatic rings. The number of nitrogens with two attached hydrogens (primary N) is 1. The number of hydrogen-bond donors (Lipinski definition) is 2. The van der Waals surface area contributed by atoms with Crippen LogP contribution in [0.5, 0.6) is 0 Å². The second-order valence-corrected chi connectivity index (χ2v) is 6.41. The van der Waals surface area contributed by atoms with Gasteiger partial charge >= 0.3 is 0 Å². The molecule has 3 N–H and O–H groups in total. The first-order chi connectivity index (χ1) is 11.6. The minimum absolute atomic E-state index is 0.0850. The molecule has 1 aliphatic rings. The van der Waals surface area contributed by atoms with Crippen LogP contribution in [0.25, 0.3) is 22.0 Å². The number of benzene rings is 2. The average molecular weight is 339 g/mol. The highest BCUT2D eigenvalue weighted by molar-refractivity contribution is 6.31. The third-order valence-corrected chi connectivity index (χ3v) is 4.22. The van der Waals surface area contributed by atoms with Crippen molar-refractivity contribution in [1.29, 1.82) is 0 Å². The quantitative estimate of drug-likeness (QED) is 0.766. The molecule has 0 unspecified atom stereocenters. The Hall–Kier alpha value is -2.66. The largest absolute Gasteiger partial charge is 0.368 e. The van der Waals surface area contributed by atoms with Gasteiger partial charge < -0.3 is 11.1 Å². The van der Waals surface area contributed by atoms with Crippen molar-refractivity contribution in [2.45, 2.75) is 18.9 Å². The number of nitrogens with one attached hydrogen (secondary N) is 1. The standard InChI is InChI=1S/C18H15ClN4O/c19-14-7-11(6-12(8-14)17(24)22-15-2-3-15)10-1-4-16-13(5-10)9-21-18(20)23-16/h1,4-9,15H,2-3H2,(H,22,24)(H2,20,21,23). The monoisotopic (exact) mass is 338 g/mol. The lowest BCUT2D eigenvalue weighted by molar-refractivity contribution is 0.0951. The van der Waals surface area contributed by atoms with Gasteiger partial charge in [-0.25, -0.2) is 9.97 Å². The summed E-state index contributed by atoms with van der Waals surface area (Å²) < 4.78 is 0. The Kier molecular flexibility index (Phi) is 3.58. The molecule has 0 atom stereocenters. The van der Waals surface area contributed by atoms with Crippen LogP contribution in [-0.4, -0.2) is 21.9 Å². The molecule has 1 saturated carbocycles. The van der Waals surface area contributed by atoms with Gasteiger partial charge in [-0.1, -0.05) is 17.7 Å². The van der Waals surface area contributed by atoms with Crippen LogP contribution in [-0.2, 0) is 0 Å². The number of nitrogen functional groups attached to an aromatic ring is 1. The Morgan fingerprint density at radius 3 is 2.79 bits per heavy atom. The average Bonchev–Trinajstić information content (AvgIpc) is 3.37. The van der Waals surface area contributed by atoms with E-state index >= 15 is 0 Å². The summed E-state index contributed by atoms with van der Waals surface area (Å²) in [6.07, 6.45) is 3.78. The van der Waals surface area contributed by atoms with Crippen molar-refractivity contribution in [3.05, 3.63) is 53.2 Å². The molecule has 1 heterocycles. The van der Waals surface area contributed by atoms with E-state index in [0.29, 0.717) is 16.6 Å². The number of hydrogen-bond acceptors (Lipinski definition) is 4. The second kappa shape index (κ2) is 5.76. The Bertz CT molecular complexity index is 953. The third kappa shape index (κ3) is 3.03. The summed E-state index contributed by atoms with van der Waals surface area (Å²) >= 11 is 6.21. The van der Waals surface area contributed by atoms with Crippen molar-refractivity contribution in [3.8, 4) is 11.1 Å². The van der Waals surface area contributed by atoms with Crippen LogP contribution >= 0.6 is 11.6 Å². The van der Waals surface area contributed by atoms with E-state index in [1.165, 1.54) is 0 Å². The van der Waals surface area contributed by atoms with E-state index in [4.69, 9.17) is 17.3 Å². The highest BCUT2D eigenvalue weighted by Gasteiger charge is 2.24. The Morgan fingerprint density at radius 2 is 2.00 bits per heavy atom. The van der Waals surface area contributed by atoms with Crippen molar-refractivity contribution in [2.75, 3.05) is 5.73 Å². The number of nitrogens with zero attached hydrogens (tertiary/aromatic N) is 2. The minimum atomic E-state index is -0.0850. The minimum Gasteiger partial charge on any atom is -0.368 e. The lowest BCUT2D eigenvalue weighted by Gasteiger charge is -2.09. The number of aromatic nitrogens is 2. The van der Waals surface area contributed by atoms with Crippen LogP contribution < -0.4 is 11.1 Å². The number of carbonyl (C=O) groups is 1. The summed E-state index contributed by atoms with van der Waals surface area (Å²) in [5, 5.41) is 4.39. The molecule has 0 saturated heterocycles. The number of anilines is 1. The van der Waals surface area contributed by atoms with Gasteiger partial charge in [0.2, 0.25) is 5.95 Å². The zero-order valence-corrected chi connectivity index (χ0v) is 13.5. The molecule has 1 aromatic heterocycles. The number of carbonyl (C=O) groups excluding carboxylic acids is 1. The molecule has 2 aromatic carbocycles. The van der Waals surface area contributed by atoms with E-state index in [0.717, 1.165) is 34.9 Å². The van der Waals surface area contributed by atoms with Gasteiger partial charge in [0.1, 0.15) is 0 Å². The van der Waals surface area contributed by atoms with Crippen molar-refractivity contribution >= 4 is 34.4 Å². The van der Waals surface area contributed by atoms with Crippen molar-refractivity contribution < 1.29 is 4.79 Å². The molecule has 4 rings (SSSR count). The maximum atomic E-state index is 12.3. The van der Waals surface area contributed by atoms with Gasteiger partial charge in [0.25, 0.3) is 5.91 Å². The molecule has 6 heteroatoms. The normalized spacial score (nSPS) is 13.9. The summed E-state index contributed by atoms with van der Waals surface area (Å²) in [6.45, 7) is 0. The van der Waals surface area contributed by atoms with Crippen LogP contribution in [0, 0.1) is 0 Å². The van der Waals surface area contributed by atoms with Gasteiger partial charge in [0.05, 0.1) is 5.52 Å². The highest BCUT2D eigenvalue weighted by atomic mass is 35.5. The number of amides is 1. The zero-order valence-electron chi connectivity index (χ0n) is 12.8. The second-order valence-electron chi connectivity index (χ2n) is 5.98. The van der Waals surface area contributed by atoms with Crippen molar-refractivity contribution in [2.24, 2.45) is 0 Å². The molecule has 0 bridgehead atoms. The van der Waals surface area contributed by atoms with Crippen LogP contribution in [0.1, 0.15) is 23.2 Å². The van der Waals surface area contributed by atoms with Gasteiger partial charge in [-0.3, -0.25) is 4.79 Å². The van der Waals surface area contributed by atoms with Gasteiger partial charge in [0, 0.05) is 28.2 Å². The smallest absolute Gasteiger partial charge is 0.251 e. The third-order valence-electron chi connectivity index (χ3n) is 4.00. The molecular weight excluding hydrogens is 324 g/mol. The maximum absolute atomic E-state index is 12.3. The fraction of sp³-hybridized carbons (Fsp3) is 0.167. The predicted octanol–water partition coefficient (Wildman–Crippen LogP) is 3.42. The van der Waals surface area contributed by atoms with Gasteiger partial charge in [-0.05, 0) is 54.3 Å². The van der Waals surface area contributed by atoms with Crippen molar-refractivity contribution in [3.63, 3.8) is 0 Å². The summed E-state index contributed by atoms with van der Waals surface area (Å²) in [7, 11) is 0. The predicted molar refractivity (Wildman–Crippen MR) is 94.9 cm³/mol. The molecule has 0 radical (unpaired) electrons. The van der Waals surface area contributed by atoms with Gasteiger partial charge in [-0.15, -0.1) is 0 Å². The number of rotatable bonds is 3. The Morgan fingerprint density at radius 1 is 1.17 bits per heavy atom. The summed E-state index contributed by atoms with van der Waals surface area (Å²) in [5.74, 6) is 0.162. The SMILES string of the molecule is Nc1ncc2cc(-c3cc(Cl)cc(C(=O)NC4CC4)c3)ccc2n1. The van der Waals surface area contributed by atoms with Crippen molar-refractivity contribution in [1.82, 2.24) is 15.3 Å². The molecule has 120 valence electrons. The van der Waals surface area contributed by atoms with E-state index in [2.05, 4.69) is 15.3 Å². The fourth-order valence-electron chi connectivity index (χ4n) is 2.61. The molecule has 1 aliphatic carbocycles. The first kappa shape index (κ1) is 14.9. The maximum Gasteiger partial charge on any atom is 0.251 e. The molecule has 1 amide bonds. The Labute approximate surface area is 143 Å². The van der Waals surface area contributed by atoms with E-state index in [1.807, 2.05) is 30.3 Å². The van der Waals surface area contributed by atoms with Crippen LogP contribution in [0.15, 0.2) is 42.6 Å². The lowest BCUT2D eigenvalue weighted by Crippen LogP contribution is -2.25. The summed E-state index contributed by atoms with van der Waals surface area (Å²) in [6, 6.07) is 11.5. The lowest BCUT2D eigenvalue weighted by atomic mass is 10.0. The summed E-state index contributed by atoms with van der Waals surface area (Å²) in [4.78, 5) is 20.5. The van der Waals surface area contributed by atoms with E-state index in [-0.39, 0.29) is 11.9 Å². The van der Waals surface area contributed by atoms with E-state index < -0.39 is 0 Å². The van der Waals surface area contributed by atoms with Crippen LogP contribution in [0.2, 0.25) is 5.02 Å². The van der Waals surface area contributed by atoms with Crippen LogP contribution in [0.4, 0.5) is 5.95 Å². The molecule has 5 nitrogen and oxygen atoms in total. The first-order valence-electron chi connectivity index (χ1n) is 7.72. The Balaban J connectivity index is 1.73. The molecule has 24 heavy (non-hydrogen) atoms. The molecule has 0 aliphatic heterocycles. The highest BCUT2D eigenvalue weighted by Crippen LogP contribution is 2.28. The van der Waals surface area contributed by atoms with E-state index in [9.17, 15) is 4.79 Å². The fourth-order valence-corrected chi connectivity index (χ4v) is 2.85. The number of halogens is 1.